The van der Waals surface area contributed by atoms with E-state index in [1.807, 2.05) is 4.72 Å². The van der Waals surface area contributed by atoms with Crippen LogP contribution < -0.4 is 10.0 Å². The van der Waals surface area contributed by atoms with Gasteiger partial charge in [-0.15, -0.1) is 0 Å². The molecule has 1 amide bonds. The molecule has 2 aromatic heterocycles. The second kappa shape index (κ2) is 11.1. The predicted molar refractivity (Wildman–Crippen MR) is 141 cm³/mol. The fourth-order valence-electron chi connectivity index (χ4n) is 4.46. The molecule has 13 heteroatoms. The summed E-state index contributed by atoms with van der Waals surface area (Å²) in [6.07, 6.45) is 4.63. The van der Waals surface area contributed by atoms with Crippen LogP contribution in [0.25, 0.3) is 22.4 Å². The largest absolute Gasteiger partial charge is 0.381 e. The van der Waals surface area contributed by atoms with Crippen molar-refractivity contribution in [2.24, 2.45) is 0 Å². The highest BCUT2D eigenvalue weighted by Gasteiger charge is 2.26. The highest BCUT2D eigenvalue weighted by molar-refractivity contribution is 7.92. The Balaban J connectivity index is 1.59. The van der Waals surface area contributed by atoms with E-state index in [4.69, 9.17) is 4.74 Å². The van der Waals surface area contributed by atoms with E-state index in [0.717, 1.165) is 6.07 Å². The summed E-state index contributed by atoms with van der Waals surface area (Å²) in [5.74, 6) is -3.14. The van der Waals surface area contributed by atoms with Crippen LogP contribution in [0.3, 0.4) is 0 Å². The minimum Gasteiger partial charge on any atom is -0.381 e. The maximum atomic E-state index is 15.9. The second-order valence-corrected chi connectivity index (χ2v) is 10.8. The molecule has 1 fully saturated rings. The highest BCUT2D eigenvalue weighted by atomic mass is 32.2. The van der Waals surface area contributed by atoms with Crippen molar-refractivity contribution in [1.29, 1.82) is 0 Å². The Hall–Kier alpha value is -4.23. The molecule has 3 heterocycles. The van der Waals surface area contributed by atoms with Gasteiger partial charge in [0.25, 0.3) is 10.0 Å². The summed E-state index contributed by atoms with van der Waals surface area (Å²) in [4.78, 5) is 14.7. The summed E-state index contributed by atoms with van der Waals surface area (Å²) in [5.41, 5.74) is 0.803. The summed E-state index contributed by atoms with van der Waals surface area (Å²) in [5, 5.41) is 7.29. The molecule has 2 N–H and O–H groups in total. The van der Waals surface area contributed by atoms with Crippen LogP contribution in [-0.4, -0.2) is 42.3 Å². The topological polar surface area (TPSA) is 115 Å². The van der Waals surface area contributed by atoms with Gasteiger partial charge in [0.05, 0.1) is 11.7 Å². The van der Waals surface area contributed by atoms with E-state index in [2.05, 4.69) is 15.4 Å². The third-order valence-corrected chi connectivity index (χ3v) is 7.73. The Kier molecular flexibility index (Phi) is 7.59. The van der Waals surface area contributed by atoms with Gasteiger partial charge in [0.2, 0.25) is 5.91 Å². The first kappa shape index (κ1) is 27.3. The number of ether oxygens (including phenoxy) is 1. The number of carbonyl (C=O) groups excluding carboxylic acids is 1. The summed E-state index contributed by atoms with van der Waals surface area (Å²) >= 11 is 0. The summed E-state index contributed by atoms with van der Waals surface area (Å²) < 4.78 is 78.7. The van der Waals surface area contributed by atoms with Crippen molar-refractivity contribution < 1.29 is 31.1 Å². The van der Waals surface area contributed by atoms with Crippen LogP contribution in [0.1, 0.15) is 25.8 Å². The Morgan fingerprint density at radius 1 is 1.05 bits per heavy atom. The van der Waals surface area contributed by atoms with Gasteiger partial charge in [0, 0.05) is 43.7 Å². The standard InChI is InChI=1S/C27H24F3N5O4S/c1-16(36)32-25-13-17(7-10-31-25)21-15-35(19-8-11-39-12-9-19)33-27(21)20-3-2-4-23(26(20)30)34-40(37,38)24-14-18(28)5-6-22(24)29/h2-7,10,13-15,19,34H,8-9,11-12H2,1H3,(H,31,32,36). The van der Waals surface area contributed by atoms with Gasteiger partial charge in [-0.3, -0.25) is 14.2 Å². The molecule has 9 nitrogen and oxygen atoms in total. The fraction of sp³-hybridized carbons (Fsp3) is 0.222. The van der Waals surface area contributed by atoms with Crippen LogP contribution in [0.4, 0.5) is 24.7 Å². The van der Waals surface area contributed by atoms with Gasteiger partial charge in [0.1, 0.15) is 28.0 Å². The zero-order valence-corrected chi connectivity index (χ0v) is 22.0. The van der Waals surface area contributed by atoms with E-state index in [1.165, 1.54) is 31.3 Å². The van der Waals surface area contributed by atoms with Crippen LogP contribution in [0, 0.1) is 17.5 Å². The normalized spacial score (nSPS) is 14.2. The number of amides is 1. The van der Waals surface area contributed by atoms with Crippen LogP contribution >= 0.6 is 0 Å². The van der Waals surface area contributed by atoms with Crippen molar-refractivity contribution in [3.8, 4) is 22.4 Å². The number of anilines is 2. The Morgan fingerprint density at radius 2 is 1.82 bits per heavy atom. The third-order valence-electron chi connectivity index (χ3n) is 6.35. The number of carbonyl (C=O) groups is 1. The van der Waals surface area contributed by atoms with E-state index in [-0.39, 0.29) is 29.0 Å². The van der Waals surface area contributed by atoms with Crippen molar-refractivity contribution in [3.63, 3.8) is 0 Å². The number of nitrogens with one attached hydrogen (secondary N) is 2. The number of aromatic nitrogens is 3. The molecule has 1 aliphatic heterocycles. The molecule has 0 radical (unpaired) electrons. The van der Waals surface area contributed by atoms with E-state index < -0.39 is 38.1 Å². The lowest BCUT2D eigenvalue weighted by Crippen LogP contribution is -2.20. The molecular weight excluding hydrogens is 547 g/mol. The first-order chi connectivity index (χ1) is 19.1. The number of benzene rings is 2. The molecule has 1 saturated heterocycles. The maximum Gasteiger partial charge on any atom is 0.265 e. The fourth-order valence-corrected chi connectivity index (χ4v) is 5.61. The summed E-state index contributed by atoms with van der Waals surface area (Å²) in [6, 6.07) is 9.28. The van der Waals surface area contributed by atoms with Crippen molar-refractivity contribution in [1.82, 2.24) is 14.8 Å². The van der Waals surface area contributed by atoms with E-state index in [0.29, 0.717) is 49.3 Å². The first-order valence-electron chi connectivity index (χ1n) is 12.3. The summed E-state index contributed by atoms with van der Waals surface area (Å²) in [6.45, 7) is 2.43. The number of hydrogen-bond acceptors (Lipinski definition) is 6. The lowest BCUT2D eigenvalue weighted by molar-refractivity contribution is -0.114. The molecule has 2 aromatic carbocycles. The van der Waals surface area contributed by atoms with Gasteiger partial charge in [-0.1, -0.05) is 6.07 Å². The molecule has 0 unspecified atom stereocenters. The number of pyridine rings is 1. The SMILES string of the molecule is CC(=O)Nc1cc(-c2cn(C3CCOCC3)nc2-c2cccc(NS(=O)(=O)c3cc(F)ccc3F)c2F)ccn1. The Morgan fingerprint density at radius 3 is 2.58 bits per heavy atom. The van der Waals surface area contributed by atoms with Crippen molar-refractivity contribution in [2.45, 2.75) is 30.7 Å². The van der Waals surface area contributed by atoms with Crippen LogP contribution in [0.2, 0.25) is 0 Å². The molecule has 4 aromatic rings. The van der Waals surface area contributed by atoms with Crippen LogP contribution in [0.5, 0.6) is 0 Å². The molecule has 5 rings (SSSR count). The van der Waals surface area contributed by atoms with Crippen molar-refractivity contribution in [2.75, 3.05) is 23.3 Å². The molecule has 208 valence electrons. The lowest BCUT2D eigenvalue weighted by Gasteiger charge is -2.22. The second-order valence-electron chi connectivity index (χ2n) is 9.17. The van der Waals surface area contributed by atoms with Gasteiger partial charge in [0.15, 0.2) is 5.82 Å². The molecule has 0 spiro atoms. The average Bonchev–Trinajstić information content (AvgIpc) is 3.37. The number of sulfonamides is 1. The van der Waals surface area contributed by atoms with E-state index in [1.54, 1.807) is 23.0 Å². The van der Waals surface area contributed by atoms with Gasteiger partial charge in [-0.05, 0) is 60.9 Å². The molecule has 0 atom stereocenters. The lowest BCUT2D eigenvalue weighted by atomic mass is 10.0. The minimum atomic E-state index is -4.67. The Labute approximate surface area is 228 Å². The van der Waals surface area contributed by atoms with E-state index >= 15 is 4.39 Å². The van der Waals surface area contributed by atoms with Crippen LogP contribution in [0.15, 0.2) is 65.8 Å². The molecule has 1 aliphatic rings. The van der Waals surface area contributed by atoms with E-state index in [9.17, 15) is 22.0 Å². The molecular formula is C27H24F3N5O4S. The average molecular weight is 572 g/mol. The zero-order chi connectivity index (χ0) is 28.4. The smallest absolute Gasteiger partial charge is 0.265 e. The zero-order valence-electron chi connectivity index (χ0n) is 21.2. The number of nitrogens with zero attached hydrogens (tertiary/aromatic N) is 3. The van der Waals surface area contributed by atoms with Crippen molar-refractivity contribution >= 4 is 27.4 Å². The highest BCUT2D eigenvalue weighted by Crippen LogP contribution is 2.37. The van der Waals surface area contributed by atoms with Crippen LogP contribution in [-0.2, 0) is 19.6 Å². The predicted octanol–water partition coefficient (Wildman–Crippen LogP) is 5.14. The molecule has 0 saturated carbocycles. The summed E-state index contributed by atoms with van der Waals surface area (Å²) in [7, 11) is -4.67. The number of halogens is 3. The molecule has 0 aliphatic carbocycles. The quantitative estimate of drug-likeness (QED) is 0.318. The minimum absolute atomic E-state index is 0.0152. The first-order valence-corrected chi connectivity index (χ1v) is 13.8. The number of rotatable bonds is 7. The Bertz CT molecular complexity index is 1690. The molecule has 40 heavy (non-hydrogen) atoms. The van der Waals surface area contributed by atoms with Gasteiger partial charge < -0.3 is 10.1 Å². The maximum absolute atomic E-state index is 15.9. The monoisotopic (exact) mass is 571 g/mol. The van der Waals surface area contributed by atoms with Crippen molar-refractivity contribution in [3.05, 3.63) is 78.4 Å². The van der Waals surface area contributed by atoms with Gasteiger partial charge in [-0.25, -0.2) is 26.6 Å². The third kappa shape index (κ3) is 5.70. The number of hydrogen-bond donors (Lipinski definition) is 2. The molecule has 0 bridgehead atoms. The van der Waals surface area contributed by atoms with Gasteiger partial charge in [-0.2, -0.15) is 5.10 Å². The van der Waals surface area contributed by atoms with Gasteiger partial charge >= 0.3 is 0 Å².